The summed E-state index contributed by atoms with van der Waals surface area (Å²) in [5.41, 5.74) is 2.40. The van der Waals surface area contributed by atoms with Crippen LogP contribution in [0.3, 0.4) is 0 Å². The van der Waals surface area contributed by atoms with Crippen molar-refractivity contribution in [1.29, 1.82) is 0 Å². The summed E-state index contributed by atoms with van der Waals surface area (Å²) >= 11 is 20.5. The van der Waals surface area contributed by atoms with Gasteiger partial charge in [0, 0.05) is 11.1 Å². The summed E-state index contributed by atoms with van der Waals surface area (Å²) in [4.78, 5) is 49.1. The molecule has 1 aliphatic heterocycles. The number of ether oxygens (including phenoxy) is 1. The van der Waals surface area contributed by atoms with Crippen LogP contribution in [0.4, 0.5) is 5.69 Å². The summed E-state index contributed by atoms with van der Waals surface area (Å²) < 4.78 is 5.22. The van der Waals surface area contributed by atoms with E-state index in [-0.39, 0.29) is 16.3 Å². The zero-order chi connectivity index (χ0) is 27.0. The summed E-state index contributed by atoms with van der Waals surface area (Å²) in [7, 11) is 0. The molecule has 3 aromatic carbocycles. The number of carbonyl (C=O) groups is 3. The number of benzene rings is 3. The Morgan fingerprint density at radius 2 is 1.37 bits per heavy atom. The maximum Gasteiger partial charge on any atom is 0.326 e. The Morgan fingerprint density at radius 1 is 0.895 bits per heavy atom. The lowest BCUT2D eigenvalue weighted by molar-refractivity contribution is -0.385. The fourth-order valence-corrected chi connectivity index (χ4v) is 7.31. The molecule has 3 aromatic rings. The van der Waals surface area contributed by atoms with Gasteiger partial charge in [-0.1, -0.05) is 60.1 Å². The van der Waals surface area contributed by atoms with Gasteiger partial charge in [0.25, 0.3) is 5.69 Å². The van der Waals surface area contributed by atoms with Crippen LogP contribution < -0.4 is 0 Å². The normalized spacial score (nSPS) is 26.6. The summed E-state index contributed by atoms with van der Waals surface area (Å²) in [5.74, 6) is -4.24. The molecule has 1 saturated heterocycles. The molecule has 0 spiro atoms. The molecule has 0 saturated carbocycles. The van der Waals surface area contributed by atoms with Gasteiger partial charge >= 0.3 is 5.97 Å². The van der Waals surface area contributed by atoms with Gasteiger partial charge in [0.15, 0.2) is 0 Å². The molecule has 0 aromatic heterocycles. The SMILES string of the molecule is O=C(CN1C(=O)[C@H]2[C@H](C1=O)C1(Cl)c3ccccc3C2(Cl)c2ccccc21)OCc1ccc(Cl)cc1[N+](=O)[O-]. The number of rotatable bonds is 5. The summed E-state index contributed by atoms with van der Waals surface area (Å²) in [6.07, 6.45) is 0. The highest BCUT2D eigenvalue weighted by molar-refractivity contribution is 6.36. The highest BCUT2D eigenvalue weighted by Crippen LogP contribution is 2.69. The Hall–Kier alpha value is -3.46. The molecule has 4 aliphatic rings. The van der Waals surface area contributed by atoms with Crippen LogP contribution in [-0.4, -0.2) is 34.2 Å². The minimum Gasteiger partial charge on any atom is -0.459 e. The molecule has 0 N–H and O–H groups in total. The third kappa shape index (κ3) is 3.20. The Bertz CT molecular complexity index is 1450. The number of amides is 2. The number of nitro groups is 1. The Kier molecular flexibility index (Phi) is 5.58. The first-order chi connectivity index (χ1) is 18.1. The van der Waals surface area contributed by atoms with Crippen LogP contribution >= 0.6 is 34.8 Å². The summed E-state index contributed by atoms with van der Waals surface area (Å²) in [6, 6.07) is 18.4. The van der Waals surface area contributed by atoms with Crippen molar-refractivity contribution in [3.63, 3.8) is 0 Å². The van der Waals surface area contributed by atoms with Gasteiger partial charge in [-0.25, -0.2) is 0 Å². The van der Waals surface area contributed by atoms with Crippen molar-refractivity contribution in [2.75, 3.05) is 6.54 Å². The molecule has 38 heavy (non-hydrogen) atoms. The average molecular weight is 572 g/mol. The Morgan fingerprint density at radius 3 is 1.82 bits per heavy atom. The summed E-state index contributed by atoms with van der Waals surface area (Å²) in [5, 5.41) is 11.5. The lowest BCUT2D eigenvalue weighted by atomic mass is 9.54. The standard InChI is InChI=1S/C27H17Cl3N2O6/c28-15-10-9-14(20(11-15)32(36)37)13-38-21(33)12-31-24(34)22-23(25(31)35)27(30)17-6-2-1-5-16(17)26(22,29)18-7-3-4-8-19(18)27/h1-11,22-23H,12-13H2/t22-,23-,26?,27?/m1/s1. The quantitative estimate of drug-likeness (QED) is 0.142. The van der Waals surface area contributed by atoms with E-state index in [1.54, 1.807) is 48.5 Å². The highest BCUT2D eigenvalue weighted by atomic mass is 35.5. The summed E-state index contributed by atoms with van der Waals surface area (Å²) in [6.45, 7) is -1.12. The van der Waals surface area contributed by atoms with E-state index in [9.17, 15) is 24.5 Å². The van der Waals surface area contributed by atoms with E-state index in [1.165, 1.54) is 12.1 Å². The Labute approximate surface area is 231 Å². The van der Waals surface area contributed by atoms with E-state index in [0.29, 0.717) is 22.3 Å². The van der Waals surface area contributed by atoms with Crippen molar-refractivity contribution >= 4 is 58.3 Å². The second-order valence-corrected chi connectivity index (χ2v) is 11.1. The van der Waals surface area contributed by atoms with Crippen molar-refractivity contribution in [2.45, 2.75) is 16.4 Å². The number of nitrogens with zero attached hydrogens (tertiary/aromatic N) is 2. The molecular formula is C27H17Cl3N2O6. The predicted octanol–water partition coefficient (Wildman–Crippen LogP) is 4.88. The molecule has 2 atom stereocenters. The van der Waals surface area contributed by atoms with Crippen molar-refractivity contribution in [3.8, 4) is 0 Å². The molecule has 11 heteroatoms. The first kappa shape index (κ1) is 24.9. The van der Waals surface area contributed by atoms with Gasteiger partial charge in [-0.2, -0.15) is 0 Å². The van der Waals surface area contributed by atoms with E-state index < -0.39 is 57.4 Å². The van der Waals surface area contributed by atoms with Crippen LogP contribution in [0.2, 0.25) is 5.02 Å². The zero-order valence-electron chi connectivity index (χ0n) is 19.4. The van der Waals surface area contributed by atoms with E-state index in [2.05, 4.69) is 0 Å². The lowest BCUT2D eigenvalue weighted by Gasteiger charge is -2.54. The fourth-order valence-electron chi connectivity index (χ4n) is 6.04. The van der Waals surface area contributed by atoms with Gasteiger partial charge in [-0.15, -0.1) is 23.2 Å². The maximum absolute atomic E-state index is 13.7. The molecule has 2 bridgehead atoms. The van der Waals surface area contributed by atoms with Gasteiger partial charge in [-0.3, -0.25) is 29.4 Å². The number of imide groups is 1. The number of hydrogen-bond donors (Lipinski definition) is 0. The number of alkyl halides is 2. The molecule has 2 amide bonds. The number of halogens is 3. The molecule has 3 aliphatic carbocycles. The Balaban J connectivity index is 1.32. The second kappa shape index (κ2) is 8.53. The lowest BCUT2D eigenvalue weighted by Crippen LogP contribution is -2.57. The van der Waals surface area contributed by atoms with Gasteiger partial charge in [0.1, 0.15) is 22.9 Å². The second-order valence-electron chi connectivity index (χ2n) is 9.42. The van der Waals surface area contributed by atoms with Gasteiger partial charge in [0.05, 0.1) is 22.3 Å². The zero-order valence-corrected chi connectivity index (χ0v) is 21.7. The number of nitro benzene ring substituents is 1. The van der Waals surface area contributed by atoms with Gasteiger partial charge in [-0.05, 0) is 34.4 Å². The minimum atomic E-state index is -1.36. The average Bonchev–Trinajstić information content (AvgIpc) is 3.17. The molecule has 7 rings (SSSR count). The molecular weight excluding hydrogens is 555 g/mol. The van der Waals surface area contributed by atoms with Crippen molar-refractivity contribution in [2.24, 2.45) is 11.8 Å². The molecule has 1 fully saturated rings. The third-order valence-electron chi connectivity index (χ3n) is 7.60. The molecule has 0 unspecified atom stereocenters. The highest BCUT2D eigenvalue weighted by Gasteiger charge is 2.73. The van der Waals surface area contributed by atoms with Crippen molar-refractivity contribution in [3.05, 3.63) is 110 Å². The first-order valence-corrected chi connectivity index (χ1v) is 12.7. The molecule has 0 radical (unpaired) electrons. The largest absolute Gasteiger partial charge is 0.459 e. The monoisotopic (exact) mass is 570 g/mol. The van der Waals surface area contributed by atoms with Crippen LogP contribution in [-0.2, 0) is 35.5 Å². The van der Waals surface area contributed by atoms with Crippen LogP contribution in [0.15, 0.2) is 66.7 Å². The van der Waals surface area contributed by atoms with E-state index >= 15 is 0 Å². The van der Waals surface area contributed by atoms with Gasteiger partial charge in [0.2, 0.25) is 11.8 Å². The van der Waals surface area contributed by atoms with Crippen molar-refractivity contribution < 1.29 is 24.0 Å². The maximum atomic E-state index is 13.7. The number of carbonyl (C=O) groups excluding carboxylic acids is 3. The number of esters is 1. The number of hydrogen-bond acceptors (Lipinski definition) is 6. The fraction of sp³-hybridized carbons (Fsp3) is 0.222. The van der Waals surface area contributed by atoms with Crippen LogP contribution in [0.25, 0.3) is 0 Å². The van der Waals surface area contributed by atoms with E-state index in [4.69, 9.17) is 39.5 Å². The third-order valence-corrected chi connectivity index (χ3v) is 9.12. The number of likely N-dealkylation sites (tertiary alicyclic amines) is 1. The molecule has 192 valence electrons. The molecule has 1 heterocycles. The van der Waals surface area contributed by atoms with E-state index in [1.807, 2.05) is 0 Å². The topological polar surface area (TPSA) is 107 Å². The first-order valence-electron chi connectivity index (χ1n) is 11.6. The van der Waals surface area contributed by atoms with Crippen molar-refractivity contribution in [1.82, 2.24) is 4.90 Å². The predicted molar refractivity (Wildman–Crippen MR) is 138 cm³/mol. The van der Waals surface area contributed by atoms with Crippen LogP contribution in [0.1, 0.15) is 27.8 Å². The molecule has 8 nitrogen and oxygen atoms in total. The van der Waals surface area contributed by atoms with E-state index in [0.717, 1.165) is 11.0 Å². The smallest absolute Gasteiger partial charge is 0.326 e. The van der Waals surface area contributed by atoms with Crippen LogP contribution in [0, 0.1) is 22.0 Å². The van der Waals surface area contributed by atoms with Gasteiger partial charge < -0.3 is 4.74 Å². The van der Waals surface area contributed by atoms with Crippen LogP contribution in [0.5, 0.6) is 0 Å². The minimum absolute atomic E-state index is 0.115.